The summed E-state index contributed by atoms with van der Waals surface area (Å²) in [7, 11) is 2.63. The van der Waals surface area contributed by atoms with Crippen LogP contribution < -0.4 is 30.9 Å². The van der Waals surface area contributed by atoms with Gasteiger partial charge < -0.3 is 31.1 Å². The van der Waals surface area contributed by atoms with E-state index in [-0.39, 0.29) is 18.8 Å². The molecule has 46 heavy (non-hydrogen) atoms. The van der Waals surface area contributed by atoms with E-state index in [9.17, 15) is 18.8 Å². The number of amides is 2. The molecule has 240 valence electrons. The van der Waals surface area contributed by atoms with Gasteiger partial charge in [-0.15, -0.1) is 11.8 Å². The number of anilines is 1. The minimum Gasteiger partial charge on any atom is -0.497 e. The third-order valence-electron chi connectivity index (χ3n) is 7.24. The number of halogens is 1. The number of nitrogens with one attached hydrogen (secondary N) is 2. The fourth-order valence-corrected chi connectivity index (χ4v) is 7.23. The van der Waals surface area contributed by atoms with E-state index in [4.69, 9.17) is 20.9 Å². The summed E-state index contributed by atoms with van der Waals surface area (Å²) in [6.07, 6.45) is 4.98. The minimum absolute atomic E-state index is 0.0311. The number of hydrogen-bond donors (Lipinski definition) is 4. The van der Waals surface area contributed by atoms with E-state index in [1.165, 1.54) is 21.2 Å². The molecule has 3 aliphatic heterocycles. The maximum Gasteiger partial charge on any atom is 0.355 e. The molecule has 16 nitrogen and oxygen atoms in total. The number of nitrogen functional groups attached to an aromatic ring is 1. The number of methoxy groups -OCH3 is 1. The number of fused-ring (bicyclic) bond motifs is 2. The van der Waals surface area contributed by atoms with Crippen LogP contribution in [0.4, 0.5) is 10.2 Å². The van der Waals surface area contributed by atoms with E-state index in [1.807, 2.05) is 4.57 Å². The lowest BCUT2D eigenvalue weighted by Crippen LogP contribution is -2.72. The Balaban J connectivity index is 1.41. The predicted molar refractivity (Wildman–Crippen MR) is 164 cm³/mol. The monoisotopic (exact) mass is 671 g/mol. The number of benzene rings is 1. The van der Waals surface area contributed by atoms with Crippen LogP contribution >= 0.6 is 23.7 Å². The molecule has 6 rings (SSSR count). The molecule has 1 fully saturated rings. The molecule has 0 radical (unpaired) electrons. The molecule has 5 heterocycles. The van der Waals surface area contributed by atoms with Crippen molar-refractivity contribution in [3.63, 3.8) is 0 Å². The van der Waals surface area contributed by atoms with E-state index < -0.39 is 40.5 Å². The number of nitrogens with two attached hydrogens (primary N) is 2. The summed E-state index contributed by atoms with van der Waals surface area (Å²) < 4.78 is 28.4. The van der Waals surface area contributed by atoms with Crippen LogP contribution in [0.15, 0.2) is 76.4 Å². The summed E-state index contributed by atoms with van der Waals surface area (Å²) in [5.74, 6) is -3.09. The number of carbonyl (C=O) groups is 3. The Morgan fingerprint density at radius 2 is 1.98 bits per heavy atom. The van der Waals surface area contributed by atoms with Gasteiger partial charge in [-0.3, -0.25) is 19.5 Å². The summed E-state index contributed by atoms with van der Waals surface area (Å²) in [6, 6.07) is 9.19. The second kappa shape index (κ2) is 12.8. The number of esters is 1. The number of rotatable bonds is 10. The van der Waals surface area contributed by atoms with E-state index in [2.05, 4.69) is 25.2 Å². The van der Waals surface area contributed by atoms with E-state index in [0.717, 1.165) is 19.1 Å². The van der Waals surface area contributed by atoms with Crippen LogP contribution in [-0.4, -0.2) is 74.3 Å². The Hall–Kier alpha value is -5.01. The van der Waals surface area contributed by atoms with Gasteiger partial charge in [-0.1, -0.05) is 21.7 Å². The second-order valence-electron chi connectivity index (χ2n) is 10.0. The Morgan fingerprint density at radius 3 is 2.67 bits per heavy atom. The standard InChI is InChI=1S/C27H27FN10O6S2/c1-42-15-5-3-14(4-6-15)13-44-27(41)21-16(11-35-10-8-17(29)38-19(35)7-9-31-38)25(36-12-18(30)46-34-36)45-26-20(24(40)37(21)26)32-23(39)22(28)33-43-2/h3-10,12,20,25-26,29,34H,11,13,30H2,1-2H3,(H,32,39)/p+1/t20-,25?,26+/m1/s1. The molecule has 3 aliphatic rings. The highest BCUT2D eigenvalue weighted by Crippen LogP contribution is 2.46. The number of hydrazine groups is 1. The molecule has 6 N–H and O–H groups in total. The van der Waals surface area contributed by atoms with Crippen molar-refractivity contribution in [3.8, 4) is 5.75 Å². The number of carbonyl (C=O) groups excluding carboxylic acids is 3. The van der Waals surface area contributed by atoms with Crippen molar-refractivity contribution in [1.29, 1.82) is 0 Å². The van der Waals surface area contributed by atoms with Crippen molar-refractivity contribution in [2.45, 2.75) is 29.9 Å². The first kappa shape index (κ1) is 31.0. The summed E-state index contributed by atoms with van der Waals surface area (Å²) >= 11 is 2.40. The molecular formula is C27H28FN10O6S2+. The first-order valence-corrected chi connectivity index (χ1v) is 15.3. The first-order valence-electron chi connectivity index (χ1n) is 13.6. The predicted octanol–water partition coefficient (Wildman–Crippen LogP) is 0.0915. The van der Waals surface area contributed by atoms with Crippen LogP contribution in [-0.2, 0) is 37.1 Å². The van der Waals surface area contributed by atoms with E-state index >= 15 is 0 Å². The van der Waals surface area contributed by atoms with Gasteiger partial charge in [0, 0.05) is 17.8 Å². The van der Waals surface area contributed by atoms with Crippen molar-refractivity contribution in [3.05, 3.63) is 76.9 Å². The Bertz CT molecular complexity index is 1800. The van der Waals surface area contributed by atoms with Gasteiger partial charge in [0.25, 0.3) is 5.91 Å². The number of oxime groups is 1. The zero-order valence-electron chi connectivity index (χ0n) is 24.3. The number of hydrogen-bond acceptors (Lipinski definition) is 14. The number of β-lactam (4-membered cyclic amide) rings is 1. The molecule has 19 heteroatoms. The SMILES string of the molecule is CON=C(F)C(=O)N[C@@H]1C(=O)N2C(C(=O)OCc3ccc(OC)cc3)=C(C[n+]3ccc(N)n4nccc43)C(N3C=C(N)SN3)S[C@@H]12. The highest BCUT2D eigenvalue weighted by atomic mass is 32.2. The molecule has 0 spiro atoms. The van der Waals surface area contributed by atoms with Crippen LogP contribution in [0, 0.1) is 0 Å². The van der Waals surface area contributed by atoms with Crippen molar-refractivity contribution in [2.75, 3.05) is 20.0 Å². The lowest BCUT2D eigenvalue weighted by molar-refractivity contribution is -0.666. The highest BCUT2D eigenvalue weighted by molar-refractivity contribution is 8.02. The van der Waals surface area contributed by atoms with Crippen LogP contribution in [0.25, 0.3) is 5.65 Å². The molecule has 0 bridgehead atoms. The van der Waals surface area contributed by atoms with Crippen molar-refractivity contribution < 1.29 is 37.7 Å². The van der Waals surface area contributed by atoms with Crippen LogP contribution in [0.5, 0.6) is 5.75 Å². The van der Waals surface area contributed by atoms with E-state index in [1.54, 1.807) is 67.1 Å². The van der Waals surface area contributed by atoms with Gasteiger partial charge in [0.05, 0.1) is 25.6 Å². The van der Waals surface area contributed by atoms with Gasteiger partial charge in [0.1, 0.15) is 53.5 Å². The average molecular weight is 672 g/mol. The quantitative estimate of drug-likeness (QED) is 0.0566. The Labute approximate surface area is 269 Å². The Kier molecular flexibility index (Phi) is 8.61. The fourth-order valence-electron chi connectivity index (χ4n) is 5.09. The van der Waals surface area contributed by atoms with Crippen LogP contribution in [0.1, 0.15) is 5.56 Å². The van der Waals surface area contributed by atoms with Crippen molar-refractivity contribution in [2.24, 2.45) is 10.9 Å². The van der Waals surface area contributed by atoms with Crippen molar-refractivity contribution in [1.82, 2.24) is 29.7 Å². The van der Waals surface area contributed by atoms with Gasteiger partial charge in [-0.25, -0.2) is 9.36 Å². The fraction of sp³-hybridized carbons (Fsp3) is 0.259. The lowest BCUT2D eigenvalue weighted by atomic mass is 10.0. The van der Waals surface area contributed by atoms with Gasteiger partial charge in [0.15, 0.2) is 0 Å². The molecule has 1 saturated heterocycles. The maximum atomic E-state index is 14.1. The Morgan fingerprint density at radius 1 is 1.20 bits per heavy atom. The normalized spacial score (nSPS) is 21.1. The number of thioether (sulfide) groups is 1. The molecule has 1 aromatic carbocycles. The van der Waals surface area contributed by atoms with Crippen molar-refractivity contribution >= 4 is 58.9 Å². The second-order valence-corrected chi connectivity index (χ2v) is 12.1. The van der Waals surface area contributed by atoms with Gasteiger partial charge >= 0.3 is 23.5 Å². The zero-order chi connectivity index (χ0) is 32.5. The zero-order valence-corrected chi connectivity index (χ0v) is 26.0. The summed E-state index contributed by atoms with van der Waals surface area (Å²) in [5.41, 5.74) is 13.9. The summed E-state index contributed by atoms with van der Waals surface area (Å²) in [5, 5.41) is 10.3. The molecule has 0 aliphatic carbocycles. The number of nitrogens with zero attached hydrogens (tertiary/aromatic N) is 6. The van der Waals surface area contributed by atoms with Crippen LogP contribution in [0.3, 0.4) is 0 Å². The smallest absolute Gasteiger partial charge is 0.355 e. The minimum atomic E-state index is -1.46. The highest BCUT2D eigenvalue weighted by Gasteiger charge is 2.58. The number of aromatic nitrogens is 3. The third-order valence-corrected chi connectivity index (χ3v) is 9.41. The molecule has 3 atom stereocenters. The largest absolute Gasteiger partial charge is 0.497 e. The molecule has 2 aromatic heterocycles. The molecule has 0 saturated carbocycles. The van der Waals surface area contributed by atoms with Gasteiger partial charge in [-0.2, -0.15) is 9.22 Å². The van der Waals surface area contributed by atoms with Crippen LogP contribution in [0.2, 0.25) is 0 Å². The summed E-state index contributed by atoms with van der Waals surface area (Å²) in [4.78, 5) is 48.8. The number of ether oxygens (including phenoxy) is 2. The molecular weight excluding hydrogens is 643 g/mol. The van der Waals surface area contributed by atoms with Gasteiger partial charge in [0.2, 0.25) is 5.82 Å². The molecule has 3 aromatic rings. The lowest BCUT2D eigenvalue weighted by Gasteiger charge is -2.52. The molecule has 2 amide bonds. The average Bonchev–Trinajstić information content (AvgIpc) is 3.74. The van der Waals surface area contributed by atoms with E-state index in [0.29, 0.717) is 33.4 Å². The molecule has 1 unspecified atom stereocenters. The van der Waals surface area contributed by atoms with Gasteiger partial charge in [-0.05, 0) is 34.8 Å². The topological polar surface area (TPSA) is 195 Å². The third kappa shape index (κ3) is 5.74. The maximum absolute atomic E-state index is 14.1. The first-order chi connectivity index (χ1) is 22.2. The summed E-state index contributed by atoms with van der Waals surface area (Å²) in [6.45, 7) is -0.00509.